The van der Waals surface area contributed by atoms with Gasteiger partial charge in [-0.3, -0.25) is 0 Å². The Bertz CT molecular complexity index is 1140. The molecule has 0 spiro atoms. The first-order valence-electron chi connectivity index (χ1n) is 8.97. The van der Waals surface area contributed by atoms with Gasteiger partial charge in [-0.2, -0.15) is 5.10 Å². The second-order valence-electron chi connectivity index (χ2n) is 6.39. The fourth-order valence-electron chi connectivity index (χ4n) is 2.96. The van der Waals surface area contributed by atoms with E-state index in [1.807, 2.05) is 66.9 Å². The van der Waals surface area contributed by atoms with Gasteiger partial charge in [-0.25, -0.2) is 9.48 Å². The van der Waals surface area contributed by atoms with Gasteiger partial charge in [0, 0.05) is 22.3 Å². The molecule has 3 aromatic carbocycles. The van der Waals surface area contributed by atoms with Gasteiger partial charge in [0.2, 0.25) is 0 Å². The van der Waals surface area contributed by atoms with Gasteiger partial charge in [-0.15, -0.1) is 0 Å². The molecule has 6 heteroatoms. The van der Waals surface area contributed by atoms with Crippen molar-refractivity contribution in [2.24, 2.45) is 0 Å². The molecule has 0 aliphatic carbocycles. The van der Waals surface area contributed by atoms with Crippen molar-refractivity contribution in [3.8, 4) is 22.7 Å². The van der Waals surface area contributed by atoms with Crippen LogP contribution in [0.3, 0.4) is 0 Å². The highest BCUT2D eigenvalue weighted by molar-refractivity contribution is 6.31. The number of benzene rings is 3. The van der Waals surface area contributed by atoms with E-state index in [1.165, 1.54) is 18.2 Å². The number of esters is 1. The molecule has 0 aliphatic heterocycles. The summed E-state index contributed by atoms with van der Waals surface area (Å²) in [7, 11) is 0. The van der Waals surface area contributed by atoms with Crippen LogP contribution < -0.4 is 0 Å². The van der Waals surface area contributed by atoms with Crippen LogP contribution in [0.2, 0.25) is 5.02 Å². The van der Waals surface area contributed by atoms with Gasteiger partial charge < -0.3 is 9.84 Å². The van der Waals surface area contributed by atoms with E-state index in [-0.39, 0.29) is 17.9 Å². The van der Waals surface area contributed by atoms with Crippen molar-refractivity contribution in [1.29, 1.82) is 0 Å². The molecule has 0 unspecified atom stereocenters. The van der Waals surface area contributed by atoms with E-state index in [4.69, 9.17) is 16.3 Å². The summed E-state index contributed by atoms with van der Waals surface area (Å²) in [6.07, 6.45) is 1.84. The summed E-state index contributed by atoms with van der Waals surface area (Å²) in [5.41, 5.74) is 3.30. The number of ether oxygens (including phenoxy) is 1. The largest absolute Gasteiger partial charge is 0.507 e. The lowest BCUT2D eigenvalue weighted by molar-refractivity contribution is 0.0470. The maximum Gasteiger partial charge on any atom is 0.342 e. The van der Waals surface area contributed by atoms with Gasteiger partial charge >= 0.3 is 5.97 Å². The quantitative estimate of drug-likeness (QED) is 0.461. The number of phenols is 1. The van der Waals surface area contributed by atoms with Crippen LogP contribution in [-0.4, -0.2) is 20.9 Å². The number of carbonyl (C=O) groups excluding carboxylic acids is 1. The van der Waals surface area contributed by atoms with E-state index in [0.717, 1.165) is 22.5 Å². The van der Waals surface area contributed by atoms with Crippen molar-refractivity contribution in [2.45, 2.75) is 6.61 Å². The summed E-state index contributed by atoms with van der Waals surface area (Å²) >= 11 is 5.92. The number of hydrogen-bond acceptors (Lipinski definition) is 4. The molecule has 1 N–H and O–H groups in total. The molecule has 4 rings (SSSR count). The maximum absolute atomic E-state index is 12.4. The Balaban J connectivity index is 1.64. The van der Waals surface area contributed by atoms with Crippen molar-refractivity contribution < 1.29 is 14.6 Å². The van der Waals surface area contributed by atoms with Gasteiger partial charge in [0.05, 0.1) is 11.4 Å². The summed E-state index contributed by atoms with van der Waals surface area (Å²) in [5, 5.41) is 14.9. The minimum absolute atomic E-state index is 0.00183. The predicted molar refractivity (Wildman–Crippen MR) is 111 cm³/mol. The topological polar surface area (TPSA) is 64.4 Å². The third-order valence-electron chi connectivity index (χ3n) is 4.40. The smallest absolute Gasteiger partial charge is 0.342 e. The monoisotopic (exact) mass is 404 g/mol. The summed E-state index contributed by atoms with van der Waals surface area (Å²) in [6, 6.07) is 23.6. The van der Waals surface area contributed by atoms with Gasteiger partial charge in [-0.05, 0) is 30.3 Å². The minimum atomic E-state index is -0.656. The molecule has 0 saturated heterocycles. The number of rotatable bonds is 5. The average molecular weight is 405 g/mol. The lowest BCUT2D eigenvalue weighted by atomic mass is 10.1. The number of halogens is 1. The van der Waals surface area contributed by atoms with Crippen molar-refractivity contribution in [3.63, 3.8) is 0 Å². The molecular formula is C23H17ClN2O3. The van der Waals surface area contributed by atoms with Crippen LogP contribution in [0, 0.1) is 0 Å². The molecule has 1 aromatic heterocycles. The molecule has 29 heavy (non-hydrogen) atoms. The third-order valence-corrected chi connectivity index (χ3v) is 4.63. The third kappa shape index (κ3) is 4.15. The molecule has 5 nitrogen and oxygen atoms in total. The second-order valence-corrected chi connectivity index (χ2v) is 6.82. The van der Waals surface area contributed by atoms with Gasteiger partial charge in [0.15, 0.2) is 0 Å². The van der Waals surface area contributed by atoms with Crippen LogP contribution in [0.1, 0.15) is 15.9 Å². The Morgan fingerprint density at radius 3 is 2.41 bits per heavy atom. The molecule has 144 valence electrons. The highest BCUT2D eigenvalue weighted by Gasteiger charge is 2.17. The predicted octanol–water partition coefficient (Wildman–Crippen LogP) is 5.26. The number of hydrogen-bond donors (Lipinski definition) is 1. The summed E-state index contributed by atoms with van der Waals surface area (Å²) in [5.74, 6) is -0.834. The minimum Gasteiger partial charge on any atom is -0.507 e. The molecule has 0 amide bonds. The molecule has 0 saturated carbocycles. The lowest BCUT2D eigenvalue weighted by Crippen LogP contribution is -2.06. The molecule has 4 aromatic rings. The first-order valence-corrected chi connectivity index (χ1v) is 9.34. The van der Waals surface area contributed by atoms with E-state index in [0.29, 0.717) is 5.02 Å². The van der Waals surface area contributed by atoms with Crippen LogP contribution in [-0.2, 0) is 11.3 Å². The number of para-hydroxylation sites is 1. The Kier molecular flexibility index (Phi) is 5.31. The molecule has 0 fully saturated rings. The fraction of sp³-hybridized carbons (Fsp3) is 0.0435. The zero-order valence-corrected chi connectivity index (χ0v) is 16.1. The standard InChI is InChI=1S/C23H17ClN2O3/c24-18-11-12-21(27)20(13-18)23(28)29-15-17-14-26(19-9-5-2-6-10-19)25-22(17)16-7-3-1-4-8-16/h1-14,27H,15H2. The van der Waals surface area contributed by atoms with Gasteiger partial charge in [0.1, 0.15) is 17.9 Å². The van der Waals surface area contributed by atoms with Crippen LogP contribution in [0.25, 0.3) is 16.9 Å². The number of carbonyl (C=O) groups is 1. The summed E-state index contributed by atoms with van der Waals surface area (Å²) in [4.78, 5) is 12.4. The summed E-state index contributed by atoms with van der Waals surface area (Å²) < 4.78 is 7.20. The van der Waals surface area contributed by atoms with Crippen molar-refractivity contribution in [1.82, 2.24) is 9.78 Å². The van der Waals surface area contributed by atoms with E-state index < -0.39 is 5.97 Å². The zero-order valence-electron chi connectivity index (χ0n) is 15.3. The SMILES string of the molecule is O=C(OCc1cn(-c2ccccc2)nc1-c1ccccc1)c1cc(Cl)ccc1O. The normalized spacial score (nSPS) is 10.7. The van der Waals surface area contributed by atoms with Crippen molar-refractivity contribution in [3.05, 3.63) is 101 Å². The first kappa shape index (κ1) is 18.8. The number of aromatic nitrogens is 2. The number of aromatic hydroxyl groups is 1. The number of nitrogens with zero attached hydrogens (tertiary/aromatic N) is 2. The molecule has 0 radical (unpaired) electrons. The fourth-order valence-corrected chi connectivity index (χ4v) is 3.13. The zero-order chi connectivity index (χ0) is 20.2. The Labute approximate surface area is 172 Å². The van der Waals surface area contributed by atoms with E-state index in [2.05, 4.69) is 5.10 Å². The lowest BCUT2D eigenvalue weighted by Gasteiger charge is -2.07. The molecule has 0 aliphatic rings. The van der Waals surface area contributed by atoms with Crippen LogP contribution in [0.5, 0.6) is 5.75 Å². The molecular weight excluding hydrogens is 388 g/mol. The van der Waals surface area contributed by atoms with Crippen LogP contribution in [0.4, 0.5) is 0 Å². The van der Waals surface area contributed by atoms with E-state index in [1.54, 1.807) is 4.68 Å². The average Bonchev–Trinajstić information content (AvgIpc) is 3.19. The van der Waals surface area contributed by atoms with E-state index >= 15 is 0 Å². The van der Waals surface area contributed by atoms with E-state index in [9.17, 15) is 9.90 Å². The van der Waals surface area contributed by atoms with Crippen molar-refractivity contribution >= 4 is 17.6 Å². The van der Waals surface area contributed by atoms with Gasteiger partial charge in [-0.1, -0.05) is 60.1 Å². The Hall–Kier alpha value is -3.57. The highest BCUT2D eigenvalue weighted by atomic mass is 35.5. The summed E-state index contributed by atoms with van der Waals surface area (Å²) in [6.45, 7) is 0.00183. The number of phenolic OH excluding ortho intramolecular Hbond substituents is 1. The van der Waals surface area contributed by atoms with Crippen LogP contribution >= 0.6 is 11.6 Å². The van der Waals surface area contributed by atoms with Crippen LogP contribution in [0.15, 0.2) is 85.1 Å². The highest BCUT2D eigenvalue weighted by Crippen LogP contribution is 2.26. The second kappa shape index (κ2) is 8.20. The molecule has 1 heterocycles. The Morgan fingerprint density at radius 2 is 1.69 bits per heavy atom. The Morgan fingerprint density at radius 1 is 1.00 bits per heavy atom. The van der Waals surface area contributed by atoms with Crippen molar-refractivity contribution in [2.75, 3.05) is 0 Å². The van der Waals surface area contributed by atoms with Gasteiger partial charge in [0.25, 0.3) is 0 Å². The first-order chi connectivity index (χ1) is 14.1. The maximum atomic E-state index is 12.4. The molecule has 0 bridgehead atoms. The molecule has 0 atom stereocenters.